The quantitative estimate of drug-likeness (QED) is 0.0982. The standard InChI is InChI=1S/C27H22N.C14H16GeN.Ir/c1-18(2)15-19-13-14-28-27(16-19)20-11-12-25-23-9-4-3-7-21(23)22-8-5-6-10-24(22)26(25)17-20;1-15(2,3)13-9-10-14(16-11-13)12-7-5-4-6-8-12;/h3-10,12-14,16-18H,15H2,1-2H3;4-7,9-11H,1-3H3;/q2*-1;. The minimum Gasteiger partial charge on any atom is 0 e. The molecule has 0 unspecified atom stereocenters. The predicted octanol–water partition coefficient (Wildman–Crippen LogP) is 10.3. The molecule has 0 fully saturated rings. The largest absolute Gasteiger partial charge is 0 e. The number of hydrogen-bond donors (Lipinski definition) is 0. The molecule has 7 aromatic rings. The van der Waals surface area contributed by atoms with Gasteiger partial charge >= 0.3 is 99.8 Å². The average Bonchev–Trinajstić information content (AvgIpc) is 3.05. The number of aromatic nitrogens is 2. The second kappa shape index (κ2) is 14.2. The molecule has 45 heavy (non-hydrogen) atoms. The Balaban J connectivity index is 0.000000202. The summed E-state index contributed by atoms with van der Waals surface area (Å²) in [5, 5.41) is 7.66. The van der Waals surface area contributed by atoms with Gasteiger partial charge in [-0.15, -0.1) is 23.8 Å². The van der Waals surface area contributed by atoms with Crippen LogP contribution >= 0.6 is 0 Å². The summed E-state index contributed by atoms with van der Waals surface area (Å²) in [6.07, 6.45) is 5.02. The molecule has 5 aromatic carbocycles. The molecule has 0 aliphatic carbocycles. The molecule has 0 atom stereocenters. The fraction of sp³-hybridized carbons (Fsp3) is 0.171. The molecule has 0 saturated heterocycles. The summed E-state index contributed by atoms with van der Waals surface area (Å²) in [5.74, 6) is 7.77. The summed E-state index contributed by atoms with van der Waals surface area (Å²) in [6, 6.07) is 45.0. The molecular weight excluding hydrogens is 785 g/mol. The number of fused-ring (bicyclic) bond motifs is 6. The van der Waals surface area contributed by atoms with Crippen LogP contribution in [-0.4, -0.2) is 23.2 Å². The van der Waals surface area contributed by atoms with E-state index in [9.17, 15) is 0 Å². The predicted molar refractivity (Wildman–Crippen MR) is 191 cm³/mol. The van der Waals surface area contributed by atoms with Crippen molar-refractivity contribution in [3.8, 4) is 22.5 Å². The second-order valence-electron chi connectivity index (χ2n) is 12.9. The Labute approximate surface area is 283 Å². The van der Waals surface area contributed by atoms with Crippen molar-refractivity contribution < 1.29 is 20.1 Å². The Morgan fingerprint density at radius 2 is 1.27 bits per heavy atom. The number of pyridine rings is 2. The van der Waals surface area contributed by atoms with Crippen molar-refractivity contribution in [2.75, 3.05) is 0 Å². The minimum atomic E-state index is -1.72. The Morgan fingerprint density at radius 1 is 0.622 bits per heavy atom. The van der Waals surface area contributed by atoms with Crippen LogP contribution in [0.25, 0.3) is 54.8 Å². The smallest absolute Gasteiger partial charge is 0 e. The van der Waals surface area contributed by atoms with Gasteiger partial charge in [-0.1, -0.05) is 90.2 Å². The number of hydrogen-bond acceptors (Lipinski definition) is 2. The van der Waals surface area contributed by atoms with E-state index in [0.717, 1.165) is 28.9 Å². The maximum Gasteiger partial charge on any atom is 0 e. The molecule has 2 aromatic heterocycles. The van der Waals surface area contributed by atoms with E-state index in [1.807, 2.05) is 36.7 Å². The monoisotopic (exact) mass is 825 g/mol. The first-order valence-corrected chi connectivity index (χ1v) is 22.8. The van der Waals surface area contributed by atoms with Crippen molar-refractivity contribution >= 4 is 50.0 Å². The van der Waals surface area contributed by atoms with Crippen LogP contribution in [0, 0.1) is 18.1 Å². The third kappa shape index (κ3) is 7.44. The number of benzene rings is 5. The number of nitrogens with zero attached hydrogens (tertiary/aromatic N) is 2. The third-order valence-electron chi connectivity index (χ3n) is 8.03. The van der Waals surface area contributed by atoms with Crippen LogP contribution in [0.3, 0.4) is 0 Å². The first-order valence-electron chi connectivity index (χ1n) is 15.4. The van der Waals surface area contributed by atoms with Crippen molar-refractivity contribution in [1.29, 1.82) is 0 Å². The van der Waals surface area contributed by atoms with Gasteiger partial charge in [-0.2, -0.15) is 0 Å². The molecular formula is C41H38GeIrN2-2. The summed E-state index contributed by atoms with van der Waals surface area (Å²) in [4.78, 5) is 9.17. The Hall–Kier alpha value is -3.63. The van der Waals surface area contributed by atoms with Gasteiger partial charge in [-0.3, -0.25) is 0 Å². The summed E-state index contributed by atoms with van der Waals surface area (Å²) >= 11 is -1.72. The second-order valence-corrected chi connectivity index (χ2v) is 23.5. The topological polar surface area (TPSA) is 25.8 Å². The molecule has 227 valence electrons. The van der Waals surface area contributed by atoms with Gasteiger partial charge in [0.05, 0.1) is 0 Å². The Bertz CT molecular complexity index is 2010. The van der Waals surface area contributed by atoms with Crippen LogP contribution in [0.1, 0.15) is 19.4 Å². The van der Waals surface area contributed by atoms with Gasteiger partial charge in [0.2, 0.25) is 0 Å². The fourth-order valence-electron chi connectivity index (χ4n) is 5.76. The zero-order valence-corrected chi connectivity index (χ0v) is 31.1. The van der Waals surface area contributed by atoms with E-state index in [1.54, 1.807) is 0 Å². The van der Waals surface area contributed by atoms with E-state index in [4.69, 9.17) is 0 Å². The molecule has 0 aliphatic rings. The van der Waals surface area contributed by atoms with Gasteiger partial charge in [-0.05, 0) is 40.3 Å². The summed E-state index contributed by atoms with van der Waals surface area (Å²) in [6.45, 7) is 4.50. The van der Waals surface area contributed by atoms with Crippen LogP contribution in [0.4, 0.5) is 0 Å². The van der Waals surface area contributed by atoms with Crippen molar-refractivity contribution in [1.82, 2.24) is 9.97 Å². The maximum atomic E-state index is 4.63. The summed E-state index contributed by atoms with van der Waals surface area (Å²) in [7, 11) is 0. The molecule has 0 saturated carbocycles. The zero-order valence-electron chi connectivity index (χ0n) is 26.6. The van der Waals surface area contributed by atoms with Crippen LogP contribution in [-0.2, 0) is 26.5 Å². The van der Waals surface area contributed by atoms with E-state index >= 15 is 0 Å². The van der Waals surface area contributed by atoms with Gasteiger partial charge < -0.3 is 4.98 Å². The Kier molecular flexibility index (Phi) is 10.3. The van der Waals surface area contributed by atoms with E-state index in [2.05, 4.69) is 138 Å². The van der Waals surface area contributed by atoms with Crippen LogP contribution in [0.5, 0.6) is 0 Å². The summed E-state index contributed by atoms with van der Waals surface area (Å²) < 4.78 is 1.44. The molecule has 2 nitrogen and oxygen atoms in total. The molecule has 0 aliphatic heterocycles. The van der Waals surface area contributed by atoms with E-state index in [0.29, 0.717) is 5.92 Å². The van der Waals surface area contributed by atoms with Gasteiger partial charge in [0.25, 0.3) is 0 Å². The van der Waals surface area contributed by atoms with Gasteiger partial charge in [0.1, 0.15) is 0 Å². The molecule has 0 amide bonds. The van der Waals surface area contributed by atoms with Crippen molar-refractivity contribution in [3.63, 3.8) is 0 Å². The SMILES string of the molecule is CC(C)Cc1ccnc(-c2[c-]cc3c4ccccc4c4ccccc4c3c2)c1.[CH3][Ge]([CH3])([CH3])[c]1ccc(-c2[c-]cccc2)nc1.[Ir]. The molecule has 7 rings (SSSR count). The van der Waals surface area contributed by atoms with Crippen LogP contribution in [0.2, 0.25) is 17.3 Å². The fourth-order valence-corrected chi connectivity index (χ4v) is 7.93. The number of rotatable bonds is 5. The van der Waals surface area contributed by atoms with Crippen LogP contribution < -0.4 is 4.40 Å². The molecule has 4 heteroatoms. The van der Waals surface area contributed by atoms with Gasteiger partial charge in [0, 0.05) is 26.3 Å². The molecule has 1 radical (unpaired) electrons. The normalized spacial score (nSPS) is 11.3. The first-order chi connectivity index (χ1) is 21.3. The van der Waals surface area contributed by atoms with Gasteiger partial charge in [0.15, 0.2) is 0 Å². The van der Waals surface area contributed by atoms with Crippen LogP contribution in [0.15, 0.2) is 122 Å². The Morgan fingerprint density at radius 3 is 1.84 bits per heavy atom. The maximum absolute atomic E-state index is 4.63. The minimum absolute atomic E-state index is 0. The van der Waals surface area contributed by atoms with Crippen molar-refractivity contribution in [2.24, 2.45) is 5.92 Å². The van der Waals surface area contributed by atoms with Crippen molar-refractivity contribution in [3.05, 3.63) is 139 Å². The summed E-state index contributed by atoms with van der Waals surface area (Å²) in [5.41, 5.74) is 5.46. The molecule has 0 bridgehead atoms. The van der Waals surface area contributed by atoms with Crippen molar-refractivity contribution in [2.45, 2.75) is 37.5 Å². The average molecular weight is 824 g/mol. The third-order valence-corrected chi connectivity index (χ3v) is 12.3. The van der Waals surface area contributed by atoms with E-state index in [-0.39, 0.29) is 20.1 Å². The zero-order chi connectivity index (χ0) is 30.7. The first kappa shape index (κ1) is 32.8. The van der Waals surface area contributed by atoms with Gasteiger partial charge in [-0.25, -0.2) is 0 Å². The van der Waals surface area contributed by atoms with E-state index < -0.39 is 13.3 Å². The van der Waals surface area contributed by atoms with E-state index in [1.165, 1.54) is 42.3 Å². The molecule has 0 N–H and O–H groups in total. The molecule has 0 spiro atoms. The molecule has 2 heterocycles.